The third-order valence-electron chi connectivity index (χ3n) is 5.63. The molecule has 2 heteroatoms. The number of aryl methyl sites for hydroxylation is 2. The Morgan fingerprint density at radius 3 is 1.79 bits per heavy atom. The molecule has 0 aliphatic carbocycles. The van der Waals surface area contributed by atoms with E-state index in [-0.39, 0.29) is 0 Å². The Labute approximate surface area is 168 Å². The number of aromatic nitrogens is 1. The summed E-state index contributed by atoms with van der Waals surface area (Å²) in [5.41, 5.74) is 2.59. The second kappa shape index (κ2) is 8.36. The van der Waals surface area contributed by atoms with Crippen LogP contribution in [0.5, 0.6) is 0 Å². The fourth-order valence-corrected chi connectivity index (χ4v) is 8.01. The lowest BCUT2D eigenvalue weighted by atomic mass is 10.1. The lowest BCUT2D eigenvalue weighted by molar-refractivity contribution is 0.918. The van der Waals surface area contributed by atoms with Gasteiger partial charge in [-0.25, -0.2) is 0 Å². The third-order valence-corrected chi connectivity index (χ3v) is 10.2. The van der Waals surface area contributed by atoms with Gasteiger partial charge in [-0.05, 0) is 46.1 Å². The molecule has 138 valence electrons. The zero-order valence-corrected chi connectivity index (χ0v) is 17.3. The fraction of sp³-hybridized carbons (Fsp3) is 0.115. The first-order chi connectivity index (χ1) is 13.8. The van der Waals surface area contributed by atoms with Gasteiger partial charge < -0.3 is 0 Å². The molecule has 0 amide bonds. The van der Waals surface area contributed by atoms with Crippen molar-refractivity contribution in [2.24, 2.45) is 0 Å². The van der Waals surface area contributed by atoms with Gasteiger partial charge in [0.05, 0.1) is 0 Å². The zero-order valence-electron chi connectivity index (χ0n) is 16.3. The van der Waals surface area contributed by atoms with Crippen molar-refractivity contribution >= 4 is 23.6 Å². The summed E-state index contributed by atoms with van der Waals surface area (Å²) in [5, 5.41) is 4.40. The highest BCUT2D eigenvalue weighted by Gasteiger charge is 2.35. The molecular formula is C26H25NSi. The lowest BCUT2D eigenvalue weighted by Crippen LogP contribution is -2.65. The summed E-state index contributed by atoms with van der Waals surface area (Å²) < 4.78 is 0. The average molecular weight is 380 g/mol. The van der Waals surface area contributed by atoms with Crippen LogP contribution >= 0.6 is 0 Å². The fourth-order valence-electron chi connectivity index (χ4n) is 4.06. The van der Waals surface area contributed by atoms with Gasteiger partial charge in [-0.2, -0.15) is 0 Å². The summed E-state index contributed by atoms with van der Waals surface area (Å²) in [4.78, 5) is 4.51. The van der Waals surface area contributed by atoms with E-state index in [2.05, 4.69) is 109 Å². The lowest BCUT2D eigenvalue weighted by Gasteiger charge is -2.31. The molecule has 0 atom stereocenters. The Hall–Kier alpha value is -2.97. The van der Waals surface area contributed by atoms with Crippen LogP contribution in [0.3, 0.4) is 0 Å². The number of hydrogen-bond donors (Lipinski definition) is 0. The van der Waals surface area contributed by atoms with Crippen LogP contribution in [-0.4, -0.2) is 13.1 Å². The van der Waals surface area contributed by atoms with Crippen molar-refractivity contribution in [3.63, 3.8) is 0 Å². The Bertz CT molecular complexity index is 974. The standard InChI is InChI=1S/C26H25NSi/c1-28(24-14-4-2-5-15-24,25-16-6-3-7-17-25)26-18-9-8-12-22(26)19-20-23-13-10-11-21-27-23/h2-18,21H,19-20H2,1H3. The average Bonchev–Trinajstić information content (AvgIpc) is 2.79. The van der Waals surface area contributed by atoms with E-state index in [0.717, 1.165) is 18.5 Å². The van der Waals surface area contributed by atoms with Gasteiger partial charge in [0, 0.05) is 11.9 Å². The molecule has 0 aliphatic heterocycles. The van der Waals surface area contributed by atoms with E-state index in [1.54, 1.807) is 0 Å². The van der Waals surface area contributed by atoms with Gasteiger partial charge in [0.15, 0.2) is 0 Å². The molecule has 0 fully saturated rings. The summed E-state index contributed by atoms with van der Waals surface area (Å²) in [7, 11) is -2.08. The SMILES string of the molecule is C[Si](c1ccccc1)(c1ccccc1)c1ccccc1CCc1ccccn1. The molecule has 1 heterocycles. The highest BCUT2D eigenvalue weighted by atomic mass is 28.3. The topological polar surface area (TPSA) is 12.9 Å². The van der Waals surface area contributed by atoms with E-state index >= 15 is 0 Å². The molecule has 0 spiro atoms. The molecule has 0 unspecified atom stereocenters. The van der Waals surface area contributed by atoms with Crippen LogP contribution in [0.1, 0.15) is 11.3 Å². The number of benzene rings is 3. The van der Waals surface area contributed by atoms with Crippen LogP contribution in [0.25, 0.3) is 0 Å². The first kappa shape index (κ1) is 18.4. The van der Waals surface area contributed by atoms with Crippen LogP contribution in [0.4, 0.5) is 0 Å². The second-order valence-corrected chi connectivity index (χ2v) is 11.3. The van der Waals surface area contributed by atoms with Crippen molar-refractivity contribution < 1.29 is 0 Å². The van der Waals surface area contributed by atoms with E-state index in [9.17, 15) is 0 Å². The summed E-state index contributed by atoms with van der Waals surface area (Å²) in [6.45, 7) is 2.48. The van der Waals surface area contributed by atoms with Gasteiger partial charge in [-0.1, -0.05) is 97.5 Å². The van der Waals surface area contributed by atoms with Gasteiger partial charge >= 0.3 is 0 Å². The Morgan fingerprint density at radius 2 is 1.18 bits per heavy atom. The van der Waals surface area contributed by atoms with Crippen molar-refractivity contribution in [2.45, 2.75) is 19.4 Å². The molecule has 28 heavy (non-hydrogen) atoms. The molecule has 0 saturated heterocycles. The quantitative estimate of drug-likeness (QED) is 0.365. The van der Waals surface area contributed by atoms with E-state index in [1.165, 1.54) is 21.1 Å². The van der Waals surface area contributed by atoms with Crippen molar-refractivity contribution in [3.05, 3.63) is 121 Å². The molecule has 4 rings (SSSR count). The predicted molar refractivity (Wildman–Crippen MR) is 121 cm³/mol. The number of pyridine rings is 1. The molecule has 0 radical (unpaired) electrons. The minimum absolute atomic E-state index is 0.964. The van der Waals surface area contributed by atoms with Crippen molar-refractivity contribution in [1.82, 2.24) is 4.98 Å². The Kier molecular flexibility index (Phi) is 5.49. The summed E-state index contributed by atoms with van der Waals surface area (Å²) in [6.07, 6.45) is 3.86. The minimum Gasteiger partial charge on any atom is -0.261 e. The molecule has 0 N–H and O–H groups in total. The number of rotatable bonds is 6. The molecule has 3 aromatic carbocycles. The maximum atomic E-state index is 4.51. The van der Waals surface area contributed by atoms with E-state index in [0.29, 0.717) is 0 Å². The summed E-state index contributed by atoms with van der Waals surface area (Å²) in [5.74, 6) is 0. The van der Waals surface area contributed by atoms with Gasteiger partial charge in [0.25, 0.3) is 0 Å². The maximum Gasteiger partial charge on any atom is 0.145 e. The molecule has 0 aliphatic rings. The van der Waals surface area contributed by atoms with Crippen LogP contribution in [0, 0.1) is 0 Å². The van der Waals surface area contributed by atoms with Gasteiger partial charge in [0.2, 0.25) is 0 Å². The second-order valence-electron chi connectivity index (χ2n) is 7.34. The molecule has 1 nitrogen and oxygen atoms in total. The van der Waals surface area contributed by atoms with E-state index in [4.69, 9.17) is 0 Å². The van der Waals surface area contributed by atoms with Gasteiger partial charge in [-0.15, -0.1) is 0 Å². The highest BCUT2D eigenvalue weighted by Crippen LogP contribution is 2.12. The van der Waals surface area contributed by atoms with Crippen LogP contribution < -0.4 is 15.6 Å². The molecule has 1 aromatic heterocycles. The Balaban J connectivity index is 1.80. The Morgan fingerprint density at radius 1 is 0.607 bits per heavy atom. The highest BCUT2D eigenvalue weighted by molar-refractivity contribution is 7.10. The zero-order chi connectivity index (χ0) is 19.2. The van der Waals surface area contributed by atoms with Gasteiger partial charge in [0.1, 0.15) is 8.07 Å². The minimum atomic E-state index is -2.08. The normalized spacial score (nSPS) is 11.3. The molecule has 4 aromatic rings. The molecule has 0 saturated carbocycles. The summed E-state index contributed by atoms with van der Waals surface area (Å²) in [6, 6.07) is 37.3. The van der Waals surface area contributed by atoms with Crippen molar-refractivity contribution in [3.8, 4) is 0 Å². The van der Waals surface area contributed by atoms with Crippen molar-refractivity contribution in [1.29, 1.82) is 0 Å². The number of hydrogen-bond acceptors (Lipinski definition) is 1. The maximum absolute atomic E-state index is 4.51. The largest absolute Gasteiger partial charge is 0.261 e. The number of nitrogens with zero attached hydrogens (tertiary/aromatic N) is 1. The van der Waals surface area contributed by atoms with E-state index in [1.807, 2.05) is 12.3 Å². The first-order valence-electron chi connectivity index (χ1n) is 9.88. The monoisotopic (exact) mass is 379 g/mol. The van der Waals surface area contributed by atoms with Crippen LogP contribution in [-0.2, 0) is 12.8 Å². The third kappa shape index (κ3) is 3.69. The predicted octanol–water partition coefficient (Wildman–Crippen LogP) is 3.97. The first-order valence-corrected chi connectivity index (χ1v) is 12.4. The smallest absolute Gasteiger partial charge is 0.145 e. The van der Waals surface area contributed by atoms with Crippen molar-refractivity contribution in [2.75, 3.05) is 0 Å². The summed E-state index contributed by atoms with van der Waals surface area (Å²) >= 11 is 0. The van der Waals surface area contributed by atoms with Gasteiger partial charge in [-0.3, -0.25) is 4.98 Å². The molecule has 0 bridgehead atoms. The van der Waals surface area contributed by atoms with Crippen LogP contribution in [0.15, 0.2) is 109 Å². The van der Waals surface area contributed by atoms with Crippen LogP contribution in [0.2, 0.25) is 6.55 Å². The molecular weight excluding hydrogens is 354 g/mol. The van der Waals surface area contributed by atoms with E-state index < -0.39 is 8.07 Å².